The number of benzene rings is 1. The Morgan fingerprint density at radius 1 is 1.25 bits per heavy atom. The van der Waals surface area contributed by atoms with E-state index in [2.05, 4.69) is 39.7 Å². The predicted octanol–water partition coefficient (Wildman–Crippen LogP) is 4.37. The molecule has 1 saturated heterocycles. The first-order valence-electron chi connectivity index (χ1n) is 11.1. The summed E-state index contributed by atoms with van der Waals surface area (Å²) in [5, 5.41) is 11.4. The molecule has 0 radical (unpaired) electrons. The number of carbonyl (C=O) groups excluding carboxylic acids is 1. The number of rotatable bonds is 2. The molecular weight excluding hydrogens is 422 g/mol. The zero-order valence-corrected chi connectivity index (χ0v) is 19.1. The van der Waals surface area contributed by atoms with Gasteiger partial charge in [-0.2, -0.15) is 5.26 Å². The van der Waals surface area contributed by atoms with Crippen LogP contribution in [0.25, 0.3) is 10.9 Å². The van der Waals surface area contributed by atoms with E-state index in [4.69, 9.17) is 11.6 Å². The highest BCUT2D eigenvalue weighted by atomic mass is 35.5. The van der Waals surface area contributed by atoms with Gasteiger partial charge in [0.2, 0.25) is 5.91 Å². The van der Waals surface area contributed by atoms with Gasteiger partial charge in [-0.3, -0.25) is 9.78 Å². The Hall–Kier alpha value is -3.04. The third-order valence-corrected chi connectivity index (χ3v) is 7.18. The van der Waals surface area contributed by atoms with Crippen molar-refractivity contribution in [2.24, 2.45) is 11.8 Å². The molecule has 2 aromatic heterocycles. The lowest BCUT2D eigenvalue weighted by Gasteiger charge is -2.41. The molecule has 1 aromatic carbocycles. The van der Waals surface area contributed by atoms with Crippen molar-refractivity contribution in [3.63, 3.8) is 0 Å². The number of amides is 1. The Morgan fingerprint density at radius 2 is 2.09 bits per heavy atom. The van der Waals surface area contributed by atoms with Crippen molar-refractivity contribution in [3.05, 3.63) is 58.5 Å². The summed E-state index contributed by atoms with van der Waals surface area (Å²) in [6, 6.07) is 12.1. The number of anilines is 1. The van der Waals surface area contributed by atoms with Gasteiger partial charge in [0.15, 0.2) is 0 Å². The first kappa shape index (κ1) is 20.8. The Balaban J connectivity index is 1.40. The molecule has 32 heavy (non-hydrogen) atoms. The van der Waals surface area contributed by atoms with Crippen LogP contribution in [0, 0.1) is 30.1 Å². The number of pyridine rings is 1. The normalized spacial score (nSPS) is 20.8. The first-order valence-corrected chi connectivity index (χ1v) is 11.5. The maximum absolute atomic E-state index is 13.4. The number of aryl methyl sites for hydroxylation is 1. The molecule has 2 aliphatic heterocycles. The van der Waals surface area contributed by atoms with Gasteiger partial charge in [-0.1, -0.05) is 18.5 Å². The second kappa shape index (κ2) is 8.14. The minimum atomic E-state index is -0.00363. The van der Waals surface area contributed by atoms with E-state index >= 15 is 0 Å². The number of fused-ring (bicyclic) bond motifs is 2. The molecule has 3 aromatic rings. The van der Waals surface area contributed by atoms with Crippen LogP contribution in [0.2, 0.25) is 5.02 Å². The third-order valence-electron chi connectivity index (χ3n) is 6.95. The van der Waals surface area contributed by atoms with Crippen LogP contribution in [-0.4, -0.2) is 40.0 Å². The fraction of sp³-hybridized carbons (Fsp3) is 0.400. The van der Waals surface area contributed by atoms with E-state index < -0.39 is 0 Å². The van der Waals surface area contributed by atoms with Crippen LogP contribution < -0.4 is 4.90 Å². The van der Waals surface area contributed by atoms with Gasteiger partial charge in [0.25, 0.3) is 0 Å². The van der Waals surface area contributed by atoms with Gasteiger partial charge in [0, 0.05) is 54.4 Å². The molecule has 0 spiro atoms. The molecule has 0 saturated carbocycles. The summed E-state index contributed by atoms with van der Waals surface area (Å²) in [5.41, 5.74) is 4.24. The van der Waals surface area contributed by atoms with Crippen molar-refractivity contribution in [3.8, 4) is 6.07 Å². The zero-order chi connectivity index (χ0) is 22.4. The maximum atomic E-state index is 13.4. The van der Waals surface area contributed by atoms with Gasteiger partial charge in [0.1, 0.15) is 6.07 Å². The molecule has 0 unspecified atom stereocenters. The third kappa shape index (κ3) is 3.51. The molecule has 0 bridgehead atoms. The Labute approximate surface area is 193 Å². The van der Waals surface area contributed by atoms with Crippen LogP contribution in [0.15, 0.2) is 36.5 Å². The molecule has 6 nitrogen and oxygen atoms in total. The van der Waals surface area contributed by atoms with E-state index in [0.717, 1.165) is 54.9 Å². The molecule has 4 heterocycles. The van der Waals surface area contributed by atoms with Crippen LogP contribution in [-0.2, 0) is 17.9 Å². The molecule has 2 atom stereocenters. The molecule has 5 rings (SSSR count). The Kier molecular flexibility index (Phi) is 5.30. The van der Waals surface area contributed by atoms with Crippen LogP contribution in [0.5, 0.6) is 0 Å². The molecule has 1 amide bonds. The molecule has 0 N–H and O–H groups in total. The lowest BCUT2D eigenvalue weighted by Crippen LogP contribution is -2.48. The van der Waals surface area contributed by atoms with E-state index in [-0.39, 0.29) is 17.7 Å². The highest BCUT2D eigenvalue weighted by molar-refractivity contribution is 6.31. The second-order valence-electron chi connectivity index (χ2n) is 8.97. The van der Waals surface area contributed by atoms with E-state index in [0.29, 0.717) is 17.1 Å². The van der Waals surface area contributed by atoms with E-state index in [1.165, 1.54) is 5.69 Å². The summed E-state index contributed by atoms with van der Waals surface area (Å²) in [6.45, 7) is 7.78. The van der Waals surface area contributed by atoms with Gasteiger partial charge in [-0.25, -0.2) is 0 Å². The number of hydrogen-bond donors (Lipinski definition) is 0. The summed E-state index contributed by atoms with van der Waals surface area (Å²) in [5.74, 6) is 0.430. The SMILES string of the molecule is Cc1nc2ccc(Cl)cc2c(N2CC[C@H](C(=O)N3CCn4cccc4C3)[C@H](C)C2)c1C#N. The summed E-state index contributed by atoms with van der Waals surface area (Å²) in [7, 11) is 0. The fourth-order valence-electron chi connectivity index (χ4n) is 5.25. The van der Waals surface area contributed by atoms with Crippen LogP contribution in [0.4, 0.5) is 5.69 Å². The van der Waals surface area contributed by atoms with Crippen molar-refractivity contribution in [1.29, 1.82) is 5.26 Å². The van der Waals surface area contributed by atoms with Gasteiger partial charge in [-0.15, -0.1) is 0 Å². The molecule has 7 heteroatoms. The molecule has 2 aliphatic rings. The summed E-state index contributed by atoms with van der Waals surface area (Å²) >= 11 is 6.29. The van der Waals surface area contributed by atoms with Crippen molar-refractivity contribution in [2.75, 3.05) is 24.5 Å². The maximum Gasteiger partial charge on any atom is 0.226 e. The minimum absolute atomic E-state index is 0.00363. The largest absolute Gasteiger partial charge is 0.370 e. The minimum Gasteiger partial charge on any atom is -0.370 e. The molecule has 164 valence electrons. The average Bonchev–Trinajstić information content (AvgIpc) is 3.26. The lowest BCUT2D eigenvalue weighted by molar-refractivity contribution is -0.139. The number of nitrogens with zero attached hydrogens (tertiary/aromatic N) is 5. The van der Waals surface area contributed by atoms with Crippen molar-refractivity contribution < 1.29 is 4.79 Å². The monoisotopic (exact) mass is 447 g/mol. The number of halogens is 1. The summed E-state index contributed by atoms with van der Waals surface area (Å²) in [4.78, 5) is 22.3. The highest BCUT2D eigenvalue weighted by Crippen LogP contribution is 2.37. The van der Waals surface area contributed by atoms with Crippen LogP contribution in [0.1, 0.15) is 30.3 Å². The standard InChI is InChI=1S/C25H26ClN5O/c1-16-14-30(24-21-12-18(26)5-6-23(21)28-17(2)22(24)13-27)9-7-20(16)25(32)31-11-10-29-8-3-4-19(29)15-31/h3-6,8,12,16,20H,7,9-11,14-15H2,1-2H3/t16-,20+/m1/s1. The van der Waals surface area contributed by atoms with Crippen molar-refractivity contribution >= 4 is 34.1 Å². The van der Waals surface area contributed by atoms with Crippen molar-refractivity contribution in [2.45, 2.75) is 33.4 Å². The Bertz CT molecular complexity index is 1240. The second-order valence-corrected chi connectivity index (χ2v) is 9.40. The zero-order valence-electron chi connectivity index (χ0n) is 18.4. The number of nitriles is 1. The van der Waals surface area contributed by atoms with E-state index in [1.54, 1.807) is 0 Å². The molecule has 1 fully saturated rings. The van der Waals surface area contributed by atoms with Crippen LogP contribution in [0.3, 0.4) is 0 Å². The number of aromatic nitrogens is 2. The molecule has 0 aliphatic carbocycles. The van der Waals surface area contributed by atoms with Gasteiger partial charge in [0.05, 0.1) is 29.0 Å². The first-order chi connectivity index (χ1) is 15.5. The smallest absolute Gasteiger partial charge is 0.226 e. The summed E-state index contributed by atoms with van der Waals surface area (Å²) < 4.78 is 2.22. The predicted molar refractivity (Wildman–Crippen MR) is 126 cm³/mol. The topological polar surface area (TPSA) is 65.2 Å². The Morgan fingerprint density at radius 3 is 2.88 bits per heavy atom. The van der Waals surface area contributed by atoms with Gasteiger partial charge < -0.3 is 14.4 Å². The van der Waals surface area contributed by atoms with Gasteiger partial charge in [-0.05, 0) is 49.6 Å². The molecular formula is C25H26ClN5O. The average molecular weight is 448 g/mol. The van der Waals surface area contributed by atoms with Gasteiger partial charge >= 0.3 is 0 Å². The summed E-state index contributed by atoms with van der Waals surface area (Å²) in [6.07, 6.45) is 2.85. The fourth-order valence-corrected chi connectivity index (χ4v) is 5.42. The quantitative estimate of drug-likeness (QED) is 0.585. The van der Waals surface area contributed by atoms with Crippen LogP contribution >= 0.6 is 11.6 Å². The van der Waals surface area contributed by atoms with E-state index in [1.807, 2.05) is 36.1 Å². The number of piperidine rings is 1. The lowest BCUT2D eigenvalue weighted by atomic mass is 9.84. The van der Waals surface area contributed by atoms with E-state index in [9.17, 15) is 10.1 Å². The number of carbonyl (C=O) groups is 1. The number of hydrogen-bond acceptors (Lipinski definition) is 4. The highest BCUT2D eigenvalue weighted by Gasteiger charge is 2.36. The van der Waals surface area contributed by atoms with Crippen molar-refractivity contribution in [1.82, 2.24) is 14.5 Å².